The number of rotatable bonds is 3. The molecule has 1 aromatic rings. The lowest BCUT2D eigenvalue weighted by molar-refractivity contribution is -0.162. The Bertz CT molecular complexity index is 844. The second kappa shape index (κ2) is 5.32. The molecule has 0 spiro atoms. The third-order valence-corrected chi connectivity index (χ3v) is 4.79. The normalized spacial score (nSPS) is 24.8. The van der Waals surface area contributed by atoms with Crippen molar-refractivity contribution in [3.63, 3.8) is 0 Å². The number of hydrogen-bond acceptors (Lipinski definition) is 5. The molecule has 2 atom stereocenters. The van der Waals surface area contributed by atoms with Crippen LogP contribution in [0.25, 0.3) is 0 Å². The van der Waals surface area contributed by atoms with Gasteiger partial charge in [0.25, 0.3) is 17.7 Å². The Hall–Kier alpha value is -2.87. The minimum absolute atomic E-state index is 0.0143. The maximum Gasteiger partial charge on any atom is 0.356 e. The Morgan fingerprint density at radius 3 is 2.28 bits per heavy atom. The van der Waals surface area contributed by atoms with Gasteiger partial charge in [0.1, 0.15) is 24.4 Å². The third-order valence-electron chi connectivity index (χ3n) is 4.55. The van der Waals surface area contributed by atoms with Gasteiger partial charge >= 0.3 is 5.97 Å². The number of carboxylic acids is 1. The fourth-order valence-corrected chi connectivity index (χ4v) is 3.63. The molecule has 1 fully saturated rings. The number of alkyl halides is 1. The molecule has 3 amide bonds. The molecule has 3 heterocycles. The number of ether oxygens (including phenoxy) is 1. The van der Waals surface area contributed by atoms with Crippen molar-refractivity contribution >= 4 is 35.3 Å². The van der Waals surface area contributed by atoms with Crippen molar-refractivity contribution in [2.45, 2.75) is 12.1 Å². The number of hydrogen-bond donors (Lipinski definition) is 1. The van der Waals surface area contributed by atoms with Crippen LogP contribution in [0.15, 0.2) is 35.7 Å². The number of carboxylic acid groups (broad SMARTS) is 1. The first-order chi connectivity index (χ1) is 12.0. The first-order valence-electron chi connectivity index (χ1n) is 7.42. The van der Waals surface area contributed by atoms with Crippen LogP contribution in [0.4, 0.5) is 0 Å². The highest BCUT2D eigenvalue weighted by molar-refractivity contribution is 6.24. The molecule has 0 unspecified atom stereocenters. The quantitative estimate of drug-likeness (QED) is 0.475. The number of β-lactam (4-membered cyclic amide) rings is 1. The SMILES string of the molecule is O=C(O)C1=C(CCl)OC[C@@H]2[C@H](N3C(=O)c4ccccc4C3=O)C(=O)N12. The Morgan fingerprint density at radius 2 is 1.76 bits per heavy atom. The number of allylic oxidation sites excluding steroid dienone is 1. The molecule has 8 nitrogen and oxygen atoms in total. The van der Waals surface area contributed by atoms with Crippen LogP contribution in [0.3, 0.4) is 0 Å². The minimum atomic E-state index is -1.35. The highest BCUT2D eigenvalue weighted by Crippen LogP contribution is 2.38. The molecule has 25 heavy (non-hydrogen) atoms. The number of aliphatic carboxylic acids is 1. The van der Waals surface area contributed by atoms with Crippen molar-refractivity contribution in [3.05, 3.63) is 46.8 Å². The number of amides is 3. The van der Waals surface area contributed by atoms with E-state index in [9.17, 15) is 24.3 Å². The average Bonchev–Trinajstić information content (AvgIpc) is 2.86. The molecular weight excluding hydrogens is 352 g/mol. The molecule has 1 saturated heterocycles. The van der Waals surface area contributed by atoms with E-state index in [-0.39, 0.29) is 35.1 Å². The van der Waals surface area contributed by atoms with Gasteiger partial charge in [-0.2, -0.15) is 0 Å². The van der Waals surface area contributed by atoms with E-state index in [1.807, 2.05) is 0 Å². The van der Waals surface area contributed by atoms with Crippen LogP contribution in [-0.4, -0.2) is 63.2 Å². The summed E-state index contributed by atoms with van der Waals surface area (Å²) >= 11 is 5.67. The highest BCUT2D eigenvalue weighted by Gasteiger charge is 2.60. The monoisotopic (exact) mass is 362 g/mol. The summed E-state index contributed by atoms with van der Waals surface area (Å²) < 4.78 is 5.34. The van der Waals surface area contributed by atoms with E-state index in [2.05, 4.69) is 0 Å². The van der Waals surface area contributed by atoms with E-state index in [1.165, 1.54) is 12.1 Å². The van der Waals surface area contributed by atoms with Crippen LogP contribution in [0.5, 0.6) is 0 Å². The molecule has 0 bridgehead atoms. The van der Waals surface area contributed by atoms with Gasteiger partial charge in [0.2, 0.25) is 0 Å². The molecule has 0 saturated carbocycles. The predicted molar refractivity (Wildman–Crippen MR) is 82.7 cm³/mol. The van der Waals surface area contributed by atoms with Crippen LogP contribution in [-0.2, 0) is 14.3 Å². The zero-order valence-corrected chi connectivity index (χ0v) is 13.4. The first kappa shape index (κ1) is 15.6. The van der Waals surface area contributed by atoms with Gasteiger partial charge in [-0.1, -0.05) is 12.1 Å². The predicted octanol–water partition coefficient (Wildman–Crippen LogP) is 0.427. The zero-order valence-electron chi connectivity index (χ0n) is 12.6. The summed E-state index contributed by atoms with van der Waals surface area (Å²) in [5.41, 5.74) is 0.112. The summed E-state index contributed by atoms with van der Waals surface area (Å²) in [6.45, 7) is -0.0390. The number of halogens is 1. The van der Waals surface area contributed by atoms with Crippen molar-refractivity contribution in [1.82, 2.24) is 9.80 Å². The minimum Gasteiger partial charge on any atom is -0.492 e. The molecule has 1 aromatic carbocycles. The van der Waals surface area contributed by atoms with Gasteiger partial charge < -0.3 is 9.84 Å². The maximum atomic E-state index is 12.6. The van der Waals surface area contributed by atoms with Crippen LogP contribution in [0.1, 0.15) is 20.7 Å². The summed E-state index contributed by atoms with van der Waals surface area (Å²) in [5.74, 6) is -3.34. The van der Waals surface area contributed by atoms with Crippen LogP contribution >= 0.6 is 11.6 Å². The number of fused-ring (bicyclic) bond motifs is 2. The molecule has 0 aromatic heterocycles. The number of nitrogens with zero attached hydrogens (tertiary/aromatic N) is 2. The number of benzene rings is 1. The van der Waals surface area contributed by atoms with Crippen molar-refractivity contribution in [2.75, 3.05) is 12.5 Å². The van der Waals surface area contributed by atoms with E-state index >= 15 is 0 Å². The van der Waals surface area contributed by atoms with Crippen LogP contribution in [0, 0.1) is 0 Å². The lowest BCUT2D eigenvalue weighted by Gasteiger charge is -2.51. The summed E-state index contributed by atoms with van der Waals surface area (Å²) in [6, 6.07) is 4.46. The molecule has 1 N–H and O–H groups in total. The van der Waals surface area contributed by atoms with Gasteiger partial charge in [0, 0.05) is 0 Å². The van der Waals surface area contributed by atoms with Gasteiger partial charge in [-0.05, 0) is 12.1 Å². The third kappa shape index (κ3) is 1.94. The fraction of sp³-hybridized carbons (Fsp3) is 0.250. The van der Waals surface area contributed by atoms with E-state index in [0.717, 1.165) is 9.80 Å². The smallest absolute Gasteiger partial charge is 0.356 e. The lowest BCUT2D eigenvalue weighted by atomic mass is 9.91. The number of carbonyl (C=O) groups is 4. The lowest BCUT2D eigenvalue weighted by Crippen LogP contribution is -2.74. The molecule has 3 aliphatic heterocycles. The molecule has 128 valence electrons. The van der Waals surface area contributed by atoms with Gasteiger partial charge in [-0.3, -0.25) is 24.2 Å². The highest BCUT2D eigenvalue weighted by atomic mass is 35.5. The number of carbonyl (C=O) groups excluding carboxylic acids is 3. The Balaban J connectivity index is 1.69. The van der Waals surface area contributed by atoms with Gasteiger partial charge in [0.05, 0.1) is 17.0 Å². The van der Waals surface area contributed by atoms with E-state index in [4.69, 9.17) is 16.3 Å². The molecule has 0 radical (unpaired) electrons. The van der Waals surface area contributed by atoms with Gasteiger partial charge in [-0.25, -0.2) is 4.79 Å². The summed E-state index contributed by atoms with van der Waals surface area (Å²) in [7, 11) is 0. The van der Waals surface area contributed by atoms with Crippen molar-refractivity contribution in [2.24, 2.45) is 0 Å². The fourth-order valence-electron chi connectivity index (χ4n) is 3.43. The molecular formula is C16H11ClN2O6. The van der Waals surface area contributed by atoms with Crippen molar-refractivity contribution < 1.29 is 29.0 Å². The second-order valence-electron chi connectivity index (χ2n) is 5.77. The van der Waals surface area contributed by atoms with Gasteiger partial charge in [-0.15, -0.1) is 11.6 Å². The molecule has 4 rings (SSSR count). The Kier molecular flexibility index (Phi) is 3.33. The maximum absolute atomic E-state index is 12.6. The average molecular weight is 363 g/mol. The Morgan fingerprint density at radius 1 is 1.16 bits per heavy atom. The van der Waals surface area contributed by atoms with Crippen LogP contribution < -0.4 is 0 Å². The van der Waals surface area contributed by atoms with Crippen molar-refractivity contribution in [1.29, 1.82) is 0 Å². The van der Waals surface area contributed by atoms with Crippen molar-refractivity contribution in [3.8, 4) is 0 Å². The molecule has 9 heteroatoms. The summed E-state index contributed by atoms with van der Waals surface area (Å²) in [4.78, 5) is 51.1. The topological polar surface area (TPSA) is 104 Å². The van der Waals surface area contributed by atoms with Gasteiger partial charge in [0.15, 0.2) is 5.70 Å². The molecule has 0 aliphatic carbocycles. The van der Waals surface area contributed by atoms with E-state index in [0.29, 0.717) is 0 Å². The standard InChI is InChI=1S/C16H11ClN2O6/c17-5-10-12(16(23)24)18-9(6-25-10)11(15(18)22)19-13(20)7-3-1-2-4-8(7)14(19)21/h1-4,9,11H,5-6H2,(H,23,24)/t9-,11+/m1/s1. The second-order valence-corrected chi connectivity index (χ2v) is 6.04. The number of imide groups is 1. The zero-order chi connectivity index (χ0) is 17.9. The van der Waals surface area contributed by atoms with Crippen LogP contribution in [0.2, 0.25) is 0 Å². The molecule has 3 aliphatic rings. The first-order valence-corrected chi connectivity index (χ1v) is 7.96. The summed E-state index contributed by atoms with van der Waals surface area (Å²) in [6.07, 6.45) is 0. The van der Waals surface area contributed by atoms with E-state index in [1.54, 1.807) is 12.1 Å². The largest absolute Gasteiger partial charge is 0.492 e. The summed E-state index contributed by atoms with van der Waals surface area (Å²) in [5, 5.41) is 9.34. The Labute approximate surface area is 146 Å². The van der Waals surface area contributed by atoms with E-state index < -0.39 is 35.8 Å².